The zero-order valence-electron chi connectivity index (χ0n) is 11.5. The molecule has 108 valence electrons. The van der Waals surface area contributed by atoms with E-state index in [1.807, 2.05) is 30.3 Å². The molecule has 3 N–H and O–H groups in total. The van der Waals surface area contributed by atoms with Gasteiger partial charge in [0, 0.05) is 0 Å². The topological polar surface area (TPSA) is 86.6 Å². The van der Waals surface area contributed by atoms with Gasteiger partial charge in [0.2, 0.25) is 5.91 Å². The van der Waals surface area contributed by atoms with E-state index in [2.05, 4.69) is 5.32 Å². The number of carboxylic acid groups (broad SMARTS) is 1. The van der Waals surface area contributed by atoms with Crippen molar-refractivity contribution in [2.45, 2.75) is 19.9 Å². The summed E-state index contributed by atoms with van der Waals surface area (Å²) in [4.78, 5) is 23.3. The normalized spacial score (nSPS) is 24.8. The molecule has 0 unspecified atom stereocenters. The van der Waals surface area contributed by atoms with Crippen molar-refractivity contribution in [2.24, 2.45) is 17.3 Å². The Balaban J connectivity index is 2.07. The largest absolute Gasteiger partial charge is 0.481 e. The number of aliphatic carboxylic acids is 1. The Morgan fingerprint density at radius 2 is 1.85 bits per heavy atom. The molecular formula is C15H19NO4. The van der Waals surface area contributed by atoms with E-state index in [1.165, 1.54) is 0 Å². The van der Waals surface area contributed by atoms with Crippen LogP contribution in [0, 0.1) is 17.3 Å². The second-order valence-electron chi connectivity index (χ2n) is 5.77. The summed E-state index contributed by atoms with van der Waals surface area (Å²) in [5.74, 6) is -2.46. The molecule has 0 bridgehead atoms. The van der Waals surface area contributed by atoms with Crippen LogP contribution in [-0.2, 0) is 9.59 Å². The molecule has 1 amide bonds. The van der Waals surface area contributed by atoms with Crippen molar-refractivity contribution in [2.75, 3.05) is 6.61 Å². The lowest BCUT2D eigenvalue weighted by Gasteiger charge is -2.17. The minimum atomic E-state index is -0.949. The third-order valence-electron chi connectivity index (χ3n) is 4.08. The van der Waals surface area contributed by atoms with Gasteiger partial charge >= 0.3 is 5.97 Å². The highest BCUT2D eigenvalue weighted by Crippen LogP contribution is 2.58. The average Bonchev–Trinajstić information content (AvgIpc) is 3.00. The van der Waals surface area contributed by atoms with Crippen LogP contribution in [0.2, 0.25) is 0 Å². The summed E-state index contributed by atoms with van der Waals surface area (Å²) in [6, 6.07) is 8.62. The van der Waals surface area contributed by atoms with Gasteiger partial charge in [-0.25, -0.2) is 0 Å². The van der Waals surface area contributed by atoms with E-state index in [1.54, 1.807) is 13.8 Å². The number of benzene rings is 1. The molecule has 1 saturated carbocycles. The molecule has 5 nitrogen and oxygen atoms in total. The SMILES string of the molecule is CC1(C)[C@H](C(=O)O)[C@@H]1C(=O)N[C@H](CO)c1ccccc1. The van der Waals surface area contributed by atoms with Crippen LogP contribution in [0.4, 0.5) is 0 Å². The van der Waals surface area contributed by atoms with Gasteiger partial charge in [0.05, 0.1) is 24.5 Å². The summed E-state index contributed by atoms with van der Waals surface area (Å²) in [6.07, 6.45) is 0. The summed E-state index contributed by atoms with van der Waals surface area (Å²) in [5, 5.41) is 21.2. The van der Waals surface area contributed by atoms with Crippen molar-refractivity contribution in [1.29, 1.82) is 0 Å². The predicted molar refractivity (Wildman–Crippen MR) is 72.8 cm³/mol. The number of amides is 1. The fourth-order valence-electron chi connectivity index (χ4n) is 2.77. The highest BCUT2D eigenvalue weighted by molar-refractivity contribution is 5.91. The van der Waals surface area contributed by atoms with Crippen LogP contribution >= 0.6 is 0 Å². The number of hydrogen-bond acceptors (Lipinski definition) is 3. The molecule has 1 aromatic rings. The lowest BCUT2D eigenvalue weighted by molar-refractivity contribution is -0.140. The molecule has 0 radical (unpaired) electrons. The van der Waals surface area contributed by atoms with Crippen LogP contribution in [0.25, 0.3) is 0 Å². The summed E-state index contributed by atoms with van der Waals surface area (Å²) in [7, 11) is 0. The van der Waals surface area contributed by atoms with Crippen LogP contribution in [-0.4, -0.2) is 28.7 Å². The van der Waals surface area contributed by atoms with Gasteiger partial charge in [-0.05, 0) is 11.0 Å². The number of rotatable bonds is 5. The van der Waals surface area contributed by atoms with E-state index < -0.39 is 29.3 Å². The maximum atomic E-state index is 12.2. The van der Waals surface area contributed by atoms with Crippen LogP contribution in [0.5, 0.6) is 0 Å². The monoisotopic (exact) mass is 277 g/mol. The van der Waals surface area contributed by atoms with Crippen molar-refractivity contribution in [3.8, 4) is 0 Å². The Labute approximate surface area is 117 Å². The van der Waals surface area contributed by atoms with E-state index in [0.717, 1.165) is 5.56 Å². The van der Waals surface area contributed by atoms with Crippen molar-refractivity contribution in [3.05, 3.63) is 35.9 Å². The number of nitrogens with one attached hydrogen (secondary N) is 1. The van der Waals surface area contributed by atoms with Crippen LogP contribution < -0.4 is 5.32 Å². The van der Waals surface area contributed by atoms with Gasteiger partial charge in [0.25, 0.3) is 0 Å². The van der Waals surface area contributed by atoms with Crippen molar-refractivity contribution in [3.63, 3.8) is 0 Å². The first kappa shape index (κ1) is 14.5. The van der Waals surface area contributed by atoms with E-state index >= 15 is 0 Å². The Bertz CT molecular complexity index is 512. The average molecular weight is 277 g/mol. The van der Waals surface area contributed by atoms with Crippen molar-refractivity contribution >= 4 is 11.9 Å². The summed E-state index contributed by atoms with van der Waals surface area (Å²) in [5.41, 5.74) is 0.265. The molecule has 0 aliphatic heterocycles. The van der Waals surface area contributed by atoms with Crippen LogP contribution in [0.15, 0.2) is 30.3 Å². The number of carboxylic acids is 1. The third kappa shape index (κ3) is 2.54. The van der Waals surface area contributed by atoms with E-state index in [9.17, 15) is 14.7 Å². The first-order chi connectivity index (χ1) is 9.39. The molecule has 5 heteroatoms. The van der Waals surface area contributed by atoms with Crippen molar-refractivity contribution < 1.29 is 19.8 Å². The van der Waals surface area contributed by atoms with Gasteiger partial charge in [-0.3, -0.25) is 9.59 Å². The Morgan fingerprint density at radius 3 is 2.30 bits per heavy atom. The Morgan fingerprint density at radius 1 is 1.25 bits per heavy atom. The quantitative estimate of drug-likeness (QED) is 0.754. The smallest absolute Gasteiger partial charge is 0.307 e. The molecule has 2 rings (SSSR count). The van der Waals surface area contributed by atoms with Gasteiger partial charge < -0.3 is 15.5 Å². The first-order valence-electron chi connectivity index (χ1n) is 6.58. The number of hydrogen-bond donors (Lipinski definition) is 3. The molecule has 0 heterocycles. The lowest BCUT2D eigenvalue weighted by Crippen LogP contribution is -2.33. The maximum Gasteiger partial charge on any atom is 0.307 e. The molecule has 1 fully saturated rings. The molecule has 1 aromatic carbocycles. The molecule has 0 spiro atoms. The molecule has 1 aliphatic rings. The van der Waals surface area contributed by atoms with Gasteiger partial charge in [-0.2, -0.15) is 0 Å². The Hall–Kier alpha value is -1.88. The van der Waals surface area contributed by atoms with Gasteiger partial charge in [0.1, 0.15) is 0 Å². The number of aliphatic hydroxyl groups excluding tert-OH is 1. The van der Waals surface area contributed by atoms with Crippen LogP contribution in [0.3, 0.4) is 0 Å². The summed E-state index contributed by atoms with van der Waals surface area (Å²) >= 11 is 0. The highest BCUT2D eigenvalue weighted by Gasteiger charge is 2.66. The third-order valence-corrected chi connectivity index (χ3v) is 4.08. The molecule has 0 aromatic heterocycles. The van der Waals surface area contributed by atoms with Gasteiger partial charge in [0.15, 0.2) is 0 Å². The Kier molecular flexibility index (Phi) is 3.81. The molecule has 3 atom stereocenters. The zero-order valence-corrected chi connectivity index (χ0v) is 11.5. The molecule has 0 saturated heterocycles. The standard InChI is InChI=1S/C15H19NO4/c1-15(2)11(12(15)14(19)20)13(18)16-10(8-17)9-6-4-3-5-7-9/h3-7,10-12,17H,8H2,1-2H3,(H,16,18)(H,19,20)/t10-,11-,12+/m1/s1. The van der Waals surface area contributed by atoms with Gasteiger partial charge in [-0.15, -0.1) is 0 Å². The summed E-state index contributed by atoms with van der Waals surface area (Å²) < 4.78 is 0. The highest BCUT2D eigenvalue weighted by atomic mass is 16.4. The molecule has 1 aliphatic carbocycles. The summed E-state index contributed by atoms with van der Waals surface area (Å²) in [6.45, 7) is 3.32. The number of aliphatic hydroxyl groups is 1. The lowest BCUT2D eigenvalue weighted by atomic mass is 10.1. The number of carbonyl (C=O) groups is 2. The zero-order chi connectivity index (χ0) is 14.9. The fraction of sp³-hybridized carbons (Fsp3) is 0.467. The number of carbonyl (C=O) groups excluding carboxylic acids is 1. The van der Waals surface area contributed by atoms with Crippen molar-refractivity contribution in [1.82, 2.24) is 5.32 Å². The minimum Gasteiger partial charge on any atom is -0.481 e. The molecule has 20 heavy (non-hydrogen) atoms. The first-order valence-corrected chi connectivity index (χ1v) is 6.58. The van der Waals surface area contributed by atoms with E-state index in [-0.39, 0.29) is 12.5 Å². The minimum absolute atomic E-state index is 0.222. The second-order valence-corrected chi connectivity index (χ2v) is 5.77. The second kappa shape index (κ2) is 5.25. The fourth-order valence-corrected chi connectivity index (χ4v) is 2.77. The van der Waals surface area contributed by atoms with E-state index in [4.69, 9.17) is 5.11 Å². The predicted octanol–water partition coefficient (Wildman–Crippen LogP) is 1.19. The molecular weight excluding hydrogens is 258 g/mol. The van der Waals surface area contributed by atoms with Gasteiger partial charge in [-0.1, -0.05) is 44.2 Å². The van der Waals surface area contributed by atoms with E-state index in [0.29, 0.717) is 0 Å². The maximum absolute atomic E-state index is 12.2. The van der Waals surface area contributed by atoms with Crippen LogP contribution in [0.1, 0.15) is 25.5 Å².